The highest BCUT2D eigenvalue weighted by molar-refractivity contribution is 7.86. The highest BCUT2D eigenvalue weighted by atomic mass is 32.2. The minimum absolute atomic E-state index is 0.0164. The lowest BCUT2D eigenvalue weighted by Crippen LogP contribution is -2.01. The van der Waals surface area contributed by atoms with Gasteiger partial charge in [0, 0.05) is 5.56 Å². The van der Waals surface area contributed by atoms with Crippen LogP contribution < -0.4 is 0 Å². The lowest BCUT2D eigenvalue weighted by Gasteiger charge is -2.04. The van der Waals surface area contributed by atoms with Crippen LogP contribution in [0.5, 0.6) is 0 Å². The molecule has 1 aromatic heterocycles. The van der Waals surface area contributed by atoms with Gasteiger partial charge in [-0.1, -0.05) is 0 Å². The molecule has 0 saturated heterocycles. The summed E-state index contributed by atoms with van der Waals surface area (Å²) >= 11 is 0. The van der Waals surface area contributed by atoms with E-state index in [0.717, 1.165) is 18.2 Å². The Morgan fingerprint density at radius 3 is 2.04 bits per heavy atom. The number of tetrazole rings is 1. The Hall–Kier alpha value is -3.07. The van der Waals surface area contributed by atoms with E-state index in [9.17, 15) is 21.4 Å². The van der Waals surface area contributed by atoms with Crippen molar-refractivity contribution in [1.29, 1.82) is 0 Å². The largest absolute Gasteiger partial charge is 0.295 e. The van der Waals surface area contributed by atoms with Crippen molar-refractivity contribution >= 4 is 31.6 Å². The van der Waals surface area contributed by atoms with E-state index in [-0.39, 0.29) is 27.7 Å². The van der Waals surface area contributed by atoms with Crippen LogP contribution >= 0.6 is 0 Å². The topological polar surface area (TPSA) is 188 Å². The van der Waals surface area contributed by atoms with Gasteiger partial charge in [0.05, 0.1) is 16.3 Å². The molecule has 0 saturated carbocycles. The molecule has 0 aliphatic heterocycles. The smallest absolute Gasteiger partial charge is 0.282 e. The minimum Gasteiger partial charge on any atom is -0.282 e. The van der Waals surface area contributed by atoms with Crippen LogP contribution in [0.25, 0.3) is 11.4 Å². The van der Waals surface area contributed by atoms with E-state index in [2.05, 4.69) is 30.9 Å². The first-order valence-electron chi connectivity index (χ1n) is 6.99. The van der Waals surface area contributed by atoms with Gasteiger partial charge in [-0.3, -0.25) is 9.11 Å². The molecular weight excluding hydrogens is 400 g/mol. The van der Waals surface area contributed by atoms with Gasteiger partial charge < -0.3 is 0 Å². The number of H-pyrrole nitrogens is 1. The first-order valence-corrected chi connectivity index (χ1v) is 9.87. The molecule has 3 rings (SSSR count). The molecule has 2 aromatic carbocycles. The molecule has 140 valence electrons. The summed E-state index contributed by atoms with van der Waals surface area (Å²) in [5.74, 6) is -0.0353. The van der Waals surface area contributed by atoms with Gasteiger partial charge in [-0.05, 0) is 47.7 Å². The van der Waals surface area contributed by atoms with Crippen molar-refractivity contribution in [2.75, 3.05) is 0 Å². The lowest BCUT2D eigenvalue weighted by atomic mass is 10.2. The number of nitrogens with one attached hydrogen (secondary N) is 1. The fourth-order valence-corrected chi connectivity index (χ4v) is 3.23. The van der Waals surface area contributed by atoms with Crippen LogP contribution in [-0.2, 0) is 20.2 Å². The Kier molecular flexibility index (Phi) is 4.79. The Morgan fingerprint density at radius 1 is 0.852 bits per heavy atom. The first-order chi connectivity index (χ1) is 12.6. The molecule has 3 N–H and O–H groups in total. The second kappa shape index (κ2) is 6.92. The van der Waals surface area contributed by atoms with Crippen molar-refractivity contribution in [3.05, 3.63) is 42.5 Å². The summed E-state index contributed by atoms with van der Waals surface area (Å²) in [6.07, 6.45) is 0. The third-order valence-electron chi connectivity index (χ3n) is 3.24. The average Bonchev–Trinajstić information content (AvgIpc) is 3.13. The number of nitrogens with zero attached hydrogens (tertiary/aromatic N) is 5. The summed E-state index contributed by atoms with van der Waals surface area (Å²) in [4.78, 5) is -0.790. The van der Waals surface area contributed by atoms with Crippen LogP contribution in [0.4, 0.5) is 11.4 Å². The number of aromatic nitrogens is 4. The van der Waals surface area contributed by atoms with Crippen molar-refractivity contribution < 1.29 is 25.9 Å². The predicted octanol–water partition coefficient (Wildman–Crippen LogP) is 1.78. The summed E-state index contributed by atoms with van der Waals surface area (Å²) in [7, 11) is -8.93. The van der Waals surface area contributed by atoms with Gasteiger partial charge in [0.1, 0.15) is 4.90 Å². The number of benzene rings is 2. The third kappa shape index (κ3) is 4.37. The highest BCUT2D eigenvalue weighted by Crippen LogP contribution is 2.29. The van der Waals surface area contributed by atoms with Crippen LogP contribution in [0.1, 0.15) is 0 Å². The van der Waals surface area contributed by atoms with E-state index >= 15 is 0 Å². The van der Waals surface area contributed by atoms with Gasteiger partial charge in [0.2, 0.25) is 5.82 Å². The molecule has 0 radical (unpaired) electrons. The van der Waals surface area contributed by atoms with E-state index in [4.69, 9.17) is 4.55 Å². The number of aromatic amines is 1. The standard InChI is InChI=1S/C13H10N6O6S2/c20-26(21,22)10-4-1-8(2-5-10)14-15-9-3-6-11(13-16-18-19-17-13)12(7-9)27(23,24)25/h1-7H,(H,20,21,22)(H,23,24,25)(H,16,17,18,19). The molecule has 12 nitrogen and oxygen atoms in total. The fraction of sp³-hybridized carbons (Fsp3) is 0. The third-order valence-corrected chi connectivity index (χ3v) is 5.01. The minimum atomic E-state index is -4.60. The van der Waals surface area contributed by atoms with E-state index in [1.54, 1.807) is 0 Å². The van der Waals surface area contributed by atoms with E-state index in [1.807, 2.05) is 0 Å². The maximum absolute atomic E-state index is 11.6. The molecule has 0 fully saturated rings. The fourth-order valence-electron chi connectivity index (χ4n) is 2.05. The molecule has 0 bridgehead atoms. The second-order valence-corrected chi connectivity index (χ2v) is 7.87. The van der Waals surface area contributed by atoms with Crippen LogP contribution in [0.15, 0.2) is 62.5 Å². The number of azo groups is 1. The SMILES string of the molecule is O=S(=O)(O)c1ccc(N=Nc2ccc(-c3nn[nH]n3)c(S(=O)(=O)O)c2)cc1. The van der Waals surface area contributed by atoms with E-state index in [1.165, 1.54) is 24.3 Å². The maximum atomic E-state index is 11.6. The molecular formula is C13H10N6O6S2. The monoisotopic (exact) mass is 410 g/mol. The molecule has 0 aliphatic rings. The molecule has 27 heavy (non-hydrogen) atoms. The number of rotatable bonds is 5. The van der Waals surface area contributed by atoms with Crippen molar-refractivity contribution in [2.45, 2.75) is 9.79 Å². The summed E-state index contributed by atoms with van der Waals surface area (Å²) < 4.78 is 63.6. The molecule has 1 heterocycles. The first kappa shape index (κ1) is 18.7. The van der Waals surface area contributed by atoms with Gasteiger partial charge in [-0.2, -0.15) is 32.3 Å². The maximum Gasteiger partial charge on any atom is 0.295 e. The summed E-state index contributed by atoms with van der Waals surface area (Å²) in [5, 5.41) is 20.5. The molecule has 14 heteroatoms. The van der Waals surface area contributed by atoms with Gasteiger partial charge in [0.25, 0.3) is 20.2 Å². The number of hydrogen-bond acceptors (Lipinski definition) is 9. The molecule has 0 spiro atoms. The Labute approximate surface area is 152 Å². The van der Waals surface area contributed by atoms with Gasteiger partial charge in [0.15, 0.2) is 0 Å². The zero-order valence-electron chi connectivity index (χ0n) is 13.1. The van der Waals surface area contributed by atoms with Crippen LogP contribution in [0.3, 0.4) is 0 Å². The summed E-state index contributed by atoms with van der Waals surface area (Å²) in [6.45, 7) is 0. The molecule has 0 amide bonds. The van der Waals surface area contributed by atoms with Crippen molar-refractivity contribution in [3.8, 4) is 11.4 Å². The normalized spacial score (nSPS) is 12.5. The molecule has 0 aliphatic carbocycles. The zero-order valence-corrected chi connectivity index (χ0v) is 14.8. The Morgan fingerprint density at radius 2 is 1.48 bits per heavy atom. The van der Waals surface area contributed by atoms with Crippen LogP contribution in [0.2, 0.25) is 0 Å². The van der Waals surface area contributed by atoms with Crippen LogP contribution in [0, 0.1) is 0 Å². The number of hydrogen-bond donors (Lipinski definition) is 3. The van der Waals surface area contributed by atoms with Crippen molar-refractivity contribution in [3.63, 3.8) is 0 Å². The quantitative estimate of drug-likeness (QED) is 0.416. The van der Waals surface area contributed by atoms with Crippen molar-refractivity contribution in [1.82, 2.24) is 20.6 Å². The summed E-state index contributed by atoms with van der Waals surface area (Å²) in [5.41, 5.74) is 0.356. The average molecular weight is 410 g/mol. The lowest BCUT2D eigenvalue weighted by molar-refractivity contribution is 0.481. The molecule has 3 aromatic rings. The van der Waals surface area contributed by atoms with Gasteiger partial charge >= 0.3 is 0 Å². The Bertz CT molecular complexity index is 1200. The van der Waals surface area contributed by atoms with Crippen molar-refractivity contribution in [2.24, 2.45) is 10.2 Å². The molecule has 0 atom stereocenters. The van der Waals surface area contributed by atoms with E-state index in [0.29, 0.717) is 0 Å². The van der Waals surface area contributed by atoms with Gasteiger partial charge in [-0.25, -0.2) is 0 Å². The van der Waals surface area contributed by atoms with Gasteiger partial charge in [-0.15, -0.1) is 10.2 Å². The Balaban J connectivity index is 1.95. The molecule has 0 unspecified atom stereocenters. The van der Waals surface area contributed by atoms with E-state index < -0.39 is 25.1 Å². The predicted molar refractivity (Wildman–Crippen MR) is 89.9 cm³/mol. The summed E-state index contributed by atoms with van der Waals surface area (Å²) in [6, 6.07) is 8.66. The zero-order chi connectivity index (χ0) is 19.7. The highest BCUT2D eigenvalue weighted by Gasteiger charge is 2.20. The second-order valence-electron chi connectivity index (χ2n) is 5.06. The van der Waals surface area contributed by atoms with Crippen LogP contribution in [-0.4, -0.2) is 46.6 Å².